The number of hydrogen-bond donors (Lipinski definition) is 1. The molecule has 3 atom stereocenters. The van der Waals surface area contributed by atoms with Gasteiger partial charge in [-0.25, -0.2) is 0 Å². The average molecular weight is 240 g/mol. The van der Waals surface area contributed by atoms with Gasteiger partial charge in [0.2, 0.25) is 0 Å². The maximum atomic E-state index is 5.67. The maximum Gasteiger partial charge on any atom is 0.0561 e. The third-order valence-corrected chi connectivity index (χ3v) is 4.18. The van der Waals surface area contributed by atoms with Gasteiger partial charge < -0.3 is 10.1 Å². The van der Waals surface area contributed by atoms with Crippen LogP contribution in [0.2, 0.25) is 0 Å². The molecule has 0 amide bonds. The molecule has 0 radical (unpaired) electrons. The number of ether oxygens (including phenoxy) is 1. The Balaban J connectivity index is 1.90. The molecule has 2 heterocycles. The van der Waals surface area contributed by atoms with E-state index >= 15 is 0 Å². The fourth-order valence-electron chi connectivity index (χ4n) is 3.22. The van der Waals surface area contributed by atoms with Gasteiger partial charge in [-0.2, -0.15) is 0 Å². The molecule has 17 heavy (non-hydrogen) atoms. The fourth-order valence-corrected chi connectivity index (χ4v) is 3.22. The van der Waals surface area contributed by atoms with Crippen molar-refractivity contribution in [3.05, 3.63) is 0 Å². The molecule has 1 N–H and O–H groups in total. The molecule has 100 valence electrons. The van der Waals surface area contributed by atoms with E-state index in [0.29, 0.717) is 12.1 Å². The fraction of sp³-hybridized carbons (Fsp3) is 1.00. The largest absolute Gasteiger partial charge is 0.378 e. The summed E-state index contributed by atoms with van der Waals surface area (Å²) in [5.41, 5.74) is 0. The quantitative estimate of drug-likeness (QED) is 0.813. The van der Waals surface area contributed by atoms with Crippen molar-refractivity contribution in [1.82, 2.24) is 10.2 Å². The van der Waals surface area contributed by atoms with E-state index in [1.165, 1.54) is 38.8 Å². The number of nitrogens with zero attached hydrogens (tertiary/aromatic N) is 1. The van der Waals surface area contributed by atoms with E-state index in [2.05, 4.69) is 31.0 Å². The van der Waals surface area contributed by atoms with Crippen LogP contribution in [0.1, 0.15) is 46.5 Å². The molecular weight excluding hydrogens is 212 g/mol. The zero-order valence-corrected chi connectivity index (χ0v) is 11.6. The minimum absolute atomic E-state index is 0.437. The summed E-state index contributed by atoms with van der Waals surface area (Å²) in [6.07, 6.45) is 5.54. The molecule has 2 aliphatic rings. The molecule has 3 nitrogen and oxygen atoms in total. The van der Waals surface area contributed by atoms with Gasteiger partial charge in [0.1, 0.15) is 0 Å². The second kappa shape index (κ2) is 6.17. The number of rotatable bonds is 4. The normalized spacial score (nSPS) is 34.8. The van der Waals surface area contributed by atoms with Crippen LogP contribution in [0.4, 0.5) is 0 Å². The van der Waals surface area contributed by atoms with Crippen molar-refractivity contribution in [2.75, 3.05) is 19.7 Å². The summed E-state index contributed by atoms with van der Waals surface area (Å²) in [5.74, 6) is 0. The molecule has 0 spiro atoms. The van der Waals surface area contributed by atoms with Gasteiger partial charge in [-0.15, -0.1) is 0 Å². The van der Waals surface area contributed by atoms with Crippen LogP contribution < -0.4 is 5.32 Å². The predicted octanol–water partition coefficient (Wildman–Crippen LogP) is 2.02. The molecular formula is C14H28N2O. The Kier molecular flexibility index (Phi) is 4.83. The Morgan fingerprint density at radius 3 is 2.76 bits per heavy atom. The highest BCUT2D eigenvalue weighted by Gasteiger charge is 2.29. The average Bonchev–Trinajstić information content (AvgIpc) is 2.78. The van der Waals surface area contributed by atoms with Crippen molar-refractivity contribution in [3.63, 3.8) is 0 Å². The monoisotopic (exact) mass is 240 g/mol. The zero-order valence-electron chi connectivity index (χ0n) is 11.6. The molecule has 0 saturated carbocycles. The molecule has 0 aliphatic carbocycles. The van der Waals surface area contributed by atoms with Gasteiger partial charge in [-0.1, -0.05) is 0 Å². The SMILES string of the molecule is CC1CC(N(CC2CCCN2)C(C)C)CCO1. The molecule has 2 saturated heterocycles. The first kappa shape index (κ1) is 13.3. The van der Waals surface area contributed by atoms with Crippen LogP contribution in [0, 0.1) is 0 Å². The molecule has 0 bridgehead atoms. The first-order valence-electron chi connectivity index (χ1n) is 7.27. The van der Waals surface area contributed by atoms with Gasteiger partial charge >= 0.3 is 0 Å². The standard InChI is InChI=1S/C14H28N2O/c1-11(2)16(10-13-5-4-7-15-13)14-6-8-17-12(3)9-14/h11-15H,4-10H2,1-3H3. The van der Waals surface area contributed by atoms with Crippen LogP contribution in [-0.2, 0) is 4.74 Å². The van der Waals surface area contributed by atoms with Crippen LogP contribution >= 0.6 is 0 Å². The molecule has 3 heteroatoms. The van der Waals surface area contributed by atoms with Crippen molar-refractivity contribution < 1.29 is 4.74 Å². The minimum atomic E-state index is 0.437. The Hall–Kier alpha value is -0.120. The Morgan fingerprint density at radius 2 is 2.18 bits per heavy atom. The van der Waals surface area contributed by atoms with Gasteiger partial charge in [0.15, 0.2) is 0 Å². The summed E-state index contributed by atoms with van der Waals surface area (Å²) >= 11 is 0. The number of nitrogens with one attached hydrogen (secondary N) is 1. The van der Waals surface area contributed by atoms with Crippen molar-refractivity contribution >= 4 is 0 Å². The van der Waals surface area contributed by atoms with Crippen molar-refractivity contribution in [3.8, 4) is 0 Å². The highest BCUT2D eigenvalue weighted by Crippen LogP contribution is 2.22. The second-order valence-electron chi connectivity index (χ2n) is 5.94. The lowest BCUT2D eigenvalue weighted by Crippen LogP contribution is -2.49. The third-order valence-electron chi connectivity index (χ3n) is 4.18. The van der Waals surface area contributed by atoms with Crippen molar-refractivity contribution in [1.29, 1.82) is 0 Å². The summed E-state index contributed by atoms with van der Waals surface area (Å²) in [7, 11) is 0. The Morgan fingerprint density at radius 1 is 1.35 bits per heavy atom. The lowest BCUT2D eigenvalue weighted by molar-refractivity contribution is -0.0265. The molecule has 2 aliphatic heterocycles. The molecule has 2 rings (SSSR count). The van der Waals surface area contributed by atoms with E-state index in [-0.39, 0.29) is 0 Å². The predicted molar refractivity (Wildman–Crippen MR) is 71.3 cm³/mol. The van der Waals surface area contributed by atoms with E-state index in [0.717, 1.165) is 18.7 Å². The van der Waals surface area contributed by atoms with E-state index < -0.39 is 0 Å². The highest BCUT2D eigenvalue weighted by molar-refractivity contribution is 4.85. The third kappa shape index (κ3) is 3.67. The minimum Gasteiger partial charge on any atom is -0.378 e. The molecule has 3 unspecified atom stereocenters. The molecule has 2 fully saturated rings. The van der Waals surface area contributed by atoms with Crippen LogP contribution in [0.25, 0.3) is 0 Å². The van der Waals surface area contributed by atoms with Crippen LogP contribution in [0.3, 0.4) is 0 Å². The van der Waals surface area contributed by atoms with Gasteiger partial charge in [0.05, 0.1) is 6.10 Å². The van der Waals surface area contributed by atoms with Gasteiger partial charge in [-0.3, -0.25) is 4.90 Å². The summed E-state index contributed by atoms with van der Waals surface area (Å²) in [6, 6.07) is 2.09. The highest BCUT2D eigenvalue weighted by atomic mass is 16.5. The smallest absolute Gasteiger partial charge is 0.0561 e. The lowest BCUT2D eigenvalue weighted by atomic mass is 10.00. The van der Waals surface area contributed by atoms with Crippen LogP contribution in [0.5, 0.6) is 0 Å². The van der Waals surface area contributed by atoms with Crippen LogP contribution in [-0.4, -0.2) is 48.8 Å². The first-order valence-corrected chi connectivity index (χ1v) is 7.27. The molecule has 0 aromatic heterocycles. The van der Waals surface area contributed by atoms with Crippen molar-refractivity contribution in [2.24, 2.45) is 0 Å². The Bertz CT molecular complexity index is 226. The summed E-state index contributed by atoms with van der Waals surface area (Å²) in [4.78, 5) is 2.70. The van der Waals surface area contributed by atoms with E-state index in [1.807, 2.05) is 0 Å². The zero-order chi connectivity index (χ0) is 12.3. The van der Waals surface area contributed by atoms with E-state index in [9.17, 15) is 0 Å². The van der Waals surface area contributed by atoms with Gasteiger partial charge in [0.25, 0.3) is 0 Å². The summed E-state index contributed by atoms with van der Waals surface area (Å²) < 4.78 is 5.67. The van der Waals surface area contributed by atoms with E-state index in [4.69, 9.17) is 4.74 Å². The van der Waals surface area contributed by atoms with Crippen molar-refractivity contribution in [2.45, 2.75) is 70.7 Å². The second-order valence-corrected chi connectivity index (χ2v) is 5.94. The molecule has 0 aromatic carbocycles. The van der Waals surface area contributed by atoms with Gasteiger partial charge in [-0.05, 0) is 53.0 Å². The maximum absolute atomic E-state index is 5.67. The topological polar surface area (TPSA) is 24.5 Å². The summed E-state index contributed by atoms with van der Waals surface area (Å²) in [6.45, 7) is 10.2. The summed E-state index contributed by atoms with van der Waals surface area (Å²) in [5, 5.41) is 3.62. The van der Waals surface area contributed by atoms with Gasteiger partial charge in [0, 0.05) is 31.3 Å². The van der Waals surface area contributed by atoms with Crippen LogP contribution in [0.15, 0.2) is 0 Å². The van der Waals surface area contributed by atoms with E-state index in [1.54, 1.807) is 0 Å². The lowest BCUT2D eigenvalue weighted by Gasteiger charge is -2.40. The number of hydrogen-bond acceptors (Lipinski definition) is 3. The molecule has 0 aromatic rings. The first-order chi connectivity index (χ1) is 8.16. The Labute approximate surface area is 106 Å².